The number of amides is 2. The highest BCUT2D eigenvalue weighted by Gasteiger charge is 2.26. The normalized spacial score (nSPS) is 31.8. The van der Waals surface area contributed by atoms with Gasteiger partial charge in [0.05, 0.1) is 0 Å². The van der Waals surface area contributed by atoms with E-state index in [-0.39, 0.29) is 24.6 Å². The standard InChI is InChI=1S/C17H33N3O2/c1-13-7-14(2)9-19(8-13)10-15(3)18-17(22)20-6-4-5-16(11-20)12-21/h13-16,21H,4-12H2,1-3H3,(H,18,22). The molecule has 4 atom stereocenters. The van der Waals surface area contributed by atoms with Crippen molar-refractivity contribution in [1.29, 1.82) is 0 Å². The molecule has 2 N–H and O–H groups in total. The number of carbonyl (C=O) groups is 1. The van der Waals surface area contributed by atoms with Crippen LogP contribution in [0.4, 0.5) is 4.79 Å². The second-order valence-electron chi connectivity index (χ2n) is 7.65. The van der Waals surface area contributed by atoms with Gasteiger partial charge in [-0.1, -0.05) is 13.8 Å². The van der Waals surface area contributed by atoms with E-state index in [9.17, 15) is 9.90 Å². The molecule has 22 heavy (non-hydrogen) atoms. The Morgan fingerprint density at radius 2 is 1.95 bits per heavy atom. The molecule has 128 valence electrons. The molecule has 0 aliphatic carbocycles. The minimum absolute atomic E-state index is 0.0313. The predicted molar refractivity (Wildman–Crippen MR) is 88.8 cm³/mol. The Kier molecular flexibility index (Phi) is 6.50. The quantitative estimate of drug-likeness (QED) is 0.832. The average Bonchev–Trinajstić information content (AvgIpc) is 2.46. The predicted octanol–water partition coefficient (Wildman–Crippen LogP) is 1.77. The highest BCUT2D eigenvalue weighted by molar-refractivity contribution is 5.74. The fourth-order valence-electron chi connectivity index (χ4n) is 4.07. The number of aliphatic hydroxyl groups excluding tert-OH is 1. The molecule has 2 fully saturated rings. The molecule has 2 heterocycles. The highest BCUT2D eigenvalue weighted by atomic mass is 16.3. The number of piperidine rings is 2. The zero-order valence-electron chi connectivity index (χ0n) is 14.4. The summed E-state index contributed by atoms with van der Waals surface area (Å²) in [5.41, 5.74) is 0. The van der Waals surface area contributed by atoms with Gasteiger partial charge in [-0.3, -0.25) is 0 Å². The van der Waals surface area contributed by atoms with E-state index < -0.39 is 0 Å². The third-order valence-electron chi connectivity index (χ3n) is 4.91. The molecule has 0 aromatic carbocycles. The fraction of sp³-hybridized carbons (Fsp3) is 0.941. The van der Waals surface area contributed by atoms with E-state index in [4.69, 9.17) is 0 Å². The minimum Gasteiger partial charge on any atom is -0.396 e. The van der Waals surface area contributed by atoms with E-state index in [0.717, 1.165) is 50.9 Å². The van der Waals surface area contributed by atoms with E-state index >= 15 is 0 Å². The van der Waals surface area contributed by atoms with Crippen molar-refractivity contribution in [3.8, 4) is 0 Å². The number of hydrogen-bond acceptors (Lipinski definition) is 3. The van der Waals surface area contributed by atoms with Gasteiger partial charge in [0.15, 0.2) is 0 Å². The first-order valence-electron chi connectivity index (χ1n) is 8.86. The second-order valence-corrected chi connectivity index (χ2v) is 7.65. The fourth-order valence-corrected chi connectivity index (χ4v) is 4.07. The monoisotopic (exact) mass is 311 g/mol. The lowest BCUT2D eigenvalue weighted by Crippen LogP contribution is -2.52. The van der Waals surface area contributed by atoms with Gasteiger partial charge in [-0.15, -0.1) is 0 Å². The maximum atomic E-state index is 12.4. The molecular formula is C17H33N3O2. The lowest BCUT2D eigenvalue weighted by molar-refractivity contribution is 0.117. The third kappa shape index (κ3) is 5.13. The van der Waals surface area contributed by atoms with E-state index in [2.05, 4.69) is 31.0 Å². The van der Waals surface area contributed by atoms with E-state index in [1.165, 1.54) is 6.42 Å². The number of carbonyl (C=O) groups excluding carboxylic acids is 1. The summed E-state index contributed by atoms with van der Waals surface area (Å²) in [5, 5.41) is 12.4. The van der Waals surface area contributed by atoms with Crippen LogP contribution in [0.2, 0.25) is 0 Å². The topological polar surface area (TPSA) is 55.8 Å². The molecule has 4 unspecified atom stereocenters. The van der Waals surface area contributed by atoms with E-state index in [0.29, 0.717) is 6.54 Å². The van der Waals surface area contributed by atoms with Crippen molar-refractivity contribution >= 4 is 6.03 Å². The van der Waals surface area contributed by atoms with Crippen molar-refractivity contribution in [2.45, 2.75) is 46.1 Å². The Bertz CT molecular complexity index is 354. The molecule has 0 bridgehead atoms. The lowest BCUT2D eigenvalue weighted by Gasteiger charge is -2.37. The van der Waals surface area contributed by atoms with Gasteiger partial charge in [0.1, 0.15) is 0 Å². The first-order valence-corrected chi connectivity index (χ1v) is 8.86. The smallest absolute Gasteiger partial charge is 0.317 e. The van der Waals surface area contributed by atoms with Crippen LogP contribution in [0.1, 0.15) is 40.0 Å². The molecule has 5 nitrogen and oxygen atoms in total. The van der Waals surface area contributed by atoms with E-state index in [1.54, 1.807) is 0 Å². The van der Waals surface area contributed by atoms with Gasteiger partial charge < -0.3 is 20.2 Å². The molecule has 0 aromatic rings. The van der Waals surface area contributed by atoms with Crippen LogP contribution in [-0.4, -0.2) is 66.3 Å². The maximum Gasteiger partial charge on any atom is 0.317 e. The van der Waals surface area contributed by atoms with Crippen molar-refractivity contribution in [1.82, 2.24) is 15.1 Å². The molecule has 2 aliphatic rings. The van der Waals surface area contributed by atoms with Crippen LogP contribution in [0, 0.1) is 17.8 Å². The molecule has 2 amide bonds. The number of nitrogens with zero attached hydrogens (tertiary/aromatic N) is 2. The molecular weight excluding hydrogens is 278 g/mol. The van der Waals surface area contributed by atoms with Crippen LogP contribution in [0.15, 0.2) is 0 Å². The highest BCUT2D eigenvalue weighted by Crippen LogP contribution is 2.21. The van der Waals surface area contributed by atoms with Crippen molar-refractivity contribution in [2.75, 3.05) is 39.3 Å². The molecule has 2 rings (SSSR count). The maximum absolute atomic E-state index is 12.4. The van der Waals surface area contributed by atoms with Gasteiger partial charge in [0.25, 0.3) is 0 Å². The molecule has 0 aromatic heterocycles. The first-order chi connectivity index (χ1) is 10.5. The molecule has 0 radical (unpaired) electrons. The number of rotatable bonds is 4. The van der Waals surface area contributed by atoms with Crippen LogP contribution in [0.5, 0.6) is 0 Å². The van der Waals surface area contributed by atoms with Crippen LogP contribution in [0.3, 0.4) is 0 Å². The number of likely N-dealkylation sites (tertiary alicyclic amines) is 2. The largest absolute Gasteiger partial charge is 0.396 e. The summed E-state index contributed by atoms with van der Waals surface area (Å²) < 4.78 is 0. The summed E-state index contributed by atoms with van der Waals surface area (Å²) in [5.74, 6) is 1.75. The van der Waals surface area contributed by atoms with Crippen molar-refractivity contribution < 1.29 is 9.90 Å². The average molecular weight is 311 g/mol. The van der Waals surface area contributed by atoms with Gasteiger partial charge >= 0.3 is 6.03 Å². The summed E-state index contributed by atoms with van der Waals surface area (Å²) >= 11 is 0. The number of nitrogens with one attached hydrogen (secondary N) is 1. The summed E-state index contributed by atoms with van der Waals surface area (Å²) in [7, 11) is 0. The van der Waals surface area contributed by atoms with Gasteiger partial charge in [-0.2, -0.15) is 0 Å². The minimum atomic E-state index is 0.0313. The Balaban J connectivity index is 1.76. The third-order valence-corrected chi connectivity index (χ3v) is 4.91. The van der Waals surface area contributed by atoms with Crippen LogP contribution >= 0.6 is 0 Å². The van der Waals surface area contributed by atoms with Gasteiger partial charge in [-0.05, 0) is 43.9 Å². The first kappa shape index (κ1) is 17.5. The summed E-state index contributed by atoms with van der Waals surface area (Å²) in [6, 6.07) is 0.197. The number of urea groups is 1. The van der Waals surface area contributed by atoms with E-state index in [1.807, 2.05) is 4.90 Å². The van der Waals surface area contributed by atoms with Crippen molar-refractivity contribution in [2.24, 2.45) is 17.8 Å². The zero-order chi connectivity index (χ0) is 16.1. The van der Waals surface area contributed by atoms with Gasteiger partial charge in [-0.25, -0.2) is 4.79 Å². The Labute approximate surface area is 135 Å². The Morgan fingerprint density at radius 3 is 2.59 bits per heavy atom. The van der Waals surface area contributed by atoms with Crippen molar-refractivity contribution in [3.63, 3.8) is 0 Å². The molecule has 0 saturated carbocycles. The Hall–Kier alpha value is -0.810. The lowest BCUT2D eigenvalue weighted by atomic mass is 9.92. The van der Waals surface area contributed by atoms with Crippen molar-refractivity contribution in [3.05, 3.63) is 0 Å². The van der Waals surface area contributed by atoms with Crippen LogP contribution < -0.4 is 5.32 Å². The zero-order valence-corrected chi connectivity index (χ0v) is 14.4. The van der Waals surface area contributed by atoms with Gasteiger partial charge in [0.2, 0.25) is 0 Å². The summed E-state index contributed by atoms with van der Waals surface area (Å²) in [4.78, 5) is 16.7. The SMILES string of the molecule is CC1CC(C)CN(CC(C)NC(=O)N2CCCC(CO)C2)C1. The Morgan fingerprint density at radius 1 is 1.27 bits per heavy atom. The van der Waals surface area contributed by atoms with Crippen LogP contribution in [0.25, 0.3) is 0 Å². The molecule has 2 saturated heterocycles. The number of aliphatic hydroxyl groups is 1. The van der Waals surface area contributed by atoms with Gasteiger partial charge in [0, 0.05) is 45.4 Å². The summed E-state index contributed by atoms with van der Waals surface area (Å²) in [6.07, 6.45) is 3.33. The second kappa shape index (κ2) is 8.16. The molecule has 2 aliphatic heterocycles. The molecule has 5 heteroatoms. The number of hydrogen-bond donors (Lipinski definition) is 2. The summed E-state index contributed by atoms with van der Waals surface area (Å²) in [6.45, 7) is 11.6. The molecule has 0 spiro atoms. The van der Waals surface area contributed by atoms with Crippen LogP contribution in [-0.2, 0) is 0 Å².